The zero-order valence-corrected chi connectivity index (χ0v) is 15.0. The Morgan fingerprint density at radius 3 is 2.50 bits per heavy atom. The lowest BCUT2D eigenvalue weighted by Crippen LogP contribution is -2.43. The summed E-state index contributed by atoms with van der Waals surface area (Å²) < 4.78 is 26.7. The number of benzene rings is 1. The summed E-state index contributed by atoms with van der Waals surface area (Å²) in [7, 11) is 0. The molecule has 1 N–H and O–H groups in total. The highest BCUT2D eigenvalue weighted by Crippen LogP contribution is 2.31. The zero-order valence-electron chi connectivity index (χ0n) is 15.0. The number of nitrogens with one attached hydrogen (secondary N) is 1. The lowest BCUT2D eigenvalue weighted by molar-refractivity contribution is -0.133. The second kappa shape index (κ2) is 7.24. The third-order valence-electron chi connectivity index (χ3n) is 6.20. The maximum absolute atomic E-state index is 13.4. The predicted octanol–water partition coefficient (Wildman–Crippen LogP) is 2.46. The molecule has 2 atom stereocenters. The number of halogens is 2. The minimum Gasteiger partial charge on any atom is -0.335 e. The Labute approximate surface area is 153 Å². The highest BCUT2D eigenvalue weighted by molar-refractivity contribution is 5.82. The zero-order chi connectivity index (χ0) is 18.1. The van der Waals surface area contributed by atoms with E-state index in [4.69, 9.17) is 0 Å². The monoisotopic (exact) mass is 363 g/mol. The normalized spacial score (nSPS) is 30.0. The van der Waals surface area contributed by atoms with Gasteiger partial charge < -0.3 is 10.2 Å². The van der Waals surface area contributed by atoms with Gasteiger partial charge >= 0.3 is 0 Å². The molecule has 0 aromatic heterocycles. The lowest BCUT2D eigenvalue weighted by atomic mass is 9.89. The molecule has 3 aliphatic heterocycles. The molecule has 4 rings (SSSR count). The summed E-state index contributed by atoms with van der Waals surface area (Å²) in [6.07, 6.45) is 2.80. The molecule has 0 bridgehead atoms. The molecule has 1 aromatic carbocycles. The Bertz CT molecular complexity index is 631. The van der Waals surface area contributed by atoms with Crippen molar-refractivity contribution in [3.63, 3.8) is 0 Å². The molecule has 3 saturated heterocycles. The first-order valence-electron chi connectivity index (χ1n) is 9.71. The molecule has 1 aromatic rings. The lowest BCUT2D eigenvalue weighted by Gasteiger charge is -2.36. The molecule has 6 heteroatoms. The first kappa shape index (κ1) is 17.9. The van der Waals surface area contributed by atoms with Gasteiger partial charge in [0.2, 0.25) is 5.91 Å². The predicted molar refractivity (Wildman–Crippen MR) is 96.3 cm³/mol. The quantitative estimate of drug-likeness (QED) is 0.896. The average Bonchev–Trinajstić information content (AvgIpc) is 3.29. The van der Waals surface area contributed by atoms with Crippen molar-refractivity contribution >= 4 is 5.91 Å². The van der Waals surface area contributed by atoms with E-state index >= 15 is 0 Å². The number of carbonyl (C=O) groups is 1. The SMILES string of the molecule is O=C([C@@H]1C[C@H](N2CCC(c3ccccc3)CC2)CN1)N1CCC(F)(F)C1. The third kappa shape index (κ3) is 3.76. The molecule has 0 saturated carbocycles. The summed E-state index contributed by atoms with van der Waals surface area (Å²) in [5.41, 5.74) is 1.42. The fraction of sp³-hybridized carbons (Fsp3) is 0.650. The van der Waals surface area contributed by atoms with E-state index in [-0.39, 0.29) is 24.9 Å². The van der Waals surface area contributed by atoms with Crippen molar-refractivity contribution in [3.05, 3.63) is 35.9 Å². The molecular weight excluding hydrogens is 336 g/mol. The van der Waals surface area contributed by atoms with Crippen molar-refractivity contribution in [3.8, 4) is 0 Å². The van der Waals surface area contributed by atoms with Crippen LogP contribution < -0.4 is 5.32 Å². The van der Waals surface area contributed by atoms with Crippen LogP contribution in [0, 0.1) is 0 Å². The second-order valence-corrected chi connectivity index (χ2v) is 7.94. The van der Waals surface area contributed by atoms with E-state index in [2.05, 4.69) is 40.5 Å². The topological polar surface area (TPSA) is 35.6 Å². The summed E-state index contributed by atoms with van der Waals surface area (Å²) >= 11 is 0. The van der Waals surface area contributed by atoms with Gasteiger partial charge in [-0.05, 0) is 43.8 Å². The summed E-state index contributed by atoms with van der Waals surface area (Å²) in [6, 6.07) is 10.7. The maximum atomic E-state index is 13.4. The molecule has 3 aliphatic rings. The molecule has 4 nitrogen and oxygen atoms in total. The van der Waals surface area contributed by atoms with Gasteiger partial charge in [-0.2, -0.15) is 0 Å². The summed E-state index contributed by atoms with van der Waals surface area (Å²) in [6.45, 7) is 2.61. The Morgan fingerprint density at radius 2 is 1.85 bits per heavy atom. The van der Waals surface area contributed by atoms with E-state index < -0.39 is 12.5 Å². The smallest absolute Gasteiger partial charge is 0.267 e. The highest BCUT2D eigenvalue weighted by Gasteiger charge is 2.43. The Balaban J connectivity index is 1.28. The highest BCUT2D eigenvalue weighted by atomic mass is 19.3. The Morgan fingerprint density at radius 1 is 1.12 bits per heavy atom. The van der Waals surface area contributed by atoms with Gasteiger partial charge in [0, 0.05) is 25.6 Å². The van der Waals surface area contributed by atoms with Crippen LogP contribution in [0.1, 0.15) is 37.2 Å². The van der Waals surface area contributed by atoms with Gasteiger partial charge in [0.25, 0.3) is 5.92 Å². The third-order valence-corrected chi connectivity index (χ3v) is 6.20. The van der Waals surface area contributed by atoms with Crippen LogP contribution in [-0.2, 0) is 4.79 Å². The van der Waals surface area contributed by atoms with Gasteiger partial charge in [-0.25, -0.2) is 8.78 Å². The van der Waals surface area contributed by atoms with Crippen molar-refractivity contribution < 1.29 is 13.6 Å². The average molecular weight is 363 g/mol. The van der Waals surface area contributed by atoms with Crippen LogP contribution in [0.25, 0.3) is 0 Å². The van der Waals surface area contributed by atoms with Gasteiger partial charge in [-0.15, -0.1) is 0 Å². The van der Waals surface area contributed by atoms with Crippen molar-refractivity contribution in [2.75, 3.05) is 32.7 Å². The van der Waals surface area contributed by atoms with E-state index in [1.54, 1.807) is 0 Å². The molecule has 0 radical (unpaired) electrons. The van der Waals surface area contributed by atoms with Crippen molar-refractivity contribution in [1.29, 1.82) is 0 Å². The number of carbonyl (C=O) groups excluding carboxylic acids is 1. The van der Waals surface area contributed by atoms with Crippen LogP contribution in [0.4, 0.5) is 8.78 Å². The molecule has 1 amide bonds. The molecule has 142 valence electrons. The van der Waals surface area contributed by atoms with Gasteiger partial charge in [-0.1, -0.05) is 30.3 Å². The van der Waals surface area contributed by atoms with Gasteiger partial charge in [0.15, 0.2) is 0 Å². The second-order valence-electron chi connectivity index (χ2n) is 7.94. The molecular formula is C20H27F2N3O. The van der Waals surface area contributed by atoms with Crippen LogP contribution in [0.5, 0.6) is 0 Å². The van der Waals surface area contributed by atoms with E-state index in [0.717, 1.165) is 38.9 Å². The van der Waals surface area contributed by atoms with Crippen LogP contribution >= 0.6 is 0 Å². The molecule has 3 heterocycles. The molecule has 3 fully saturated rings. The van der Waals surface area contributed by atoms with Gasteiger partial charge in [0.1, 0.15) is 0 Å². The first-order valence-corrected chi connectivity index (χ1v) is 9.71. The molecule has 0 aliphatic carbocycles. The molecule has 26 heavy (non-hydrogen) atoms. The summed E-state index contributed by atoms with van der Waals surface area (Å²) in [5, 5.41) is 3.27. The van der Waals surface area contributed by atoms with Crippen LogP contribution in [0.3, 0.4) is 0 Å². The number of rotatable bonds is 3. The summed E-state index contributed by atoms with van der Waals surface area (Å²) in [5.74, 6) is -2.25. The maximum Gasteiger partial charge on any atom is 0.267 e. The van der Waals surface area contributed by atoms with E-state index in [0.29, 0.717) is 12.0 Å². The largest absolute Gasteiger partial charge is 0.335 e. The first-order chi connectivity index (χ1) is 12.5. The van der Waals surface area contributed by atoms with Crippen LogP contribution in [0.2, 0.25) is 0 Å². The summed E-state index contributed by atoms with van der Waals surface area (Å²) in [4.78, 5) is 16.3. The standard InChI is InChI=1S/C20H27F2N3O/c21-20(22)8-11-25(14-20)19(26)18-12-17(13-23-18)24-9-6-16(7-10-24)15-4-2-1-3-5-15/h1-5,16-18,23H,6-14H2/t17-,18-/m0/s1. The minimum absolute atomic E-state index is 0.149. The minimum atomic E-state index is -2.72. The van der Waals surface area contributed by atoms with E-state index in [1.807, 2.05) is 0 Å². The fourth-order valence-electron chi connectivity index (χ4n) is 4.65. The number of amides is 1. The molecule has 0 unspecified atom stereocenters. The number of alkyl halides is 2. The number of hydrogen-bond donors (Lipinski definition) is 1. The Hall–Kier alpha value is -1.53. The van der Waals surface area contributed by atoms with Crippen molar-refractivity contribution in [2.45, 2.75) is 49.6 Å². The number of likely N-dealkylation sites (tertiary alicyclic amines) is 2. The number of piperidine rings is 1. The van der Waals surface area contributed by atoms with E-state index in [9.17, 15) is 13.6 Å². The van der Waals surface area contributed by atoms with Crippen LogP contribution in [0.15, 0.2) is 30.3 Å². The molecule has 0 spiro atoms. The van der Waals surface area contributed by atoms with Gasteiger partial charge in [-0.3, -0.25) is 9.69 Å². The van der Waals surface area contributed by atoms with Gasteiger partial charge in [0.05, 0.1) is 12.6 Å². The number of nitrogens with zero attached hydrogens (tertiary/aromatic N) is 2. The van der Waals surface area contributed by atoms with Crippen molar-refractivity contribution in [1.82, 2.24) is 15.1 Å². The van der Waals surface area contributed by atoms with Crippen molar-refractivity contribution in [2.24, 2.45) is 0 Å². The van der Waals surface area contributed by atoms with E-state index in [1.165, 1.54) is 10.5 Å². The fourth-order valence-corrected chi connectivity index (χ4v) is 4.65. The van der Waals surface area contributed by atoms with Crippen LogP contribution in [-0.4, -0.2) is 66.4 Å². The number of hydrogen-bond acceptors (Lipinski definition) is 3. The Kier molecular flexibility index (Phi) is 4.97.